The van der Waals surface area contributed by atoms with Crippen LogP contribution in [0.3, 0.4) is 0 Å². The van der Waals surface area contributed by atoms with Crippen molar-refractivity contribution in [1.82, 2.24) is 39.5 Å². The molecule has 2 aliphatic rings. The number of anilines is 2. The van der Waals surface area contributed by atoms with Crippen LogP contribution in [0.5, 0.6) is 0 Å². The van der Waals surface area contributed by atoms with Gasteiger partial charge in [0.25, 0.3) is 0 Å². The fraction of sp³-hybridized carbons (Fsp3) is 0.435. The average molecular weight is 548 g/mol. The van der Waals surface area contributed by atoms with Gasteiger partial charge in [0.05, 0.1) is 23.3 Å². The van der Waals surface area contributed by atoms with E-state index in [1.54, 1.807) is 24.1 Å². The second-order valence-corrected chi connectivity index (χ2v) is 9.79. The number of aromatic nitrogens is 8. The monoisotopic (exact) mass is 548 g/mol. The first-order chi connectivity index (χ1) is 18.3. The molecule has 11 nitrogen and oxygen atoms in total. The quantitative estimate of drug-likeness (QED) is 0.350. The van der Waals surface area contributed by atoms with E-state index in [1.165, 1.54) is 17.9 Å². The molecule has 1 atom stereocenters. The molecule has 6 rings (SSSR count). The number of nitrogens with zero attached hydrogens (tertiary/aromatic N) is 8. The largest absolute Gasteiger partial charge is 0.453 e. The predicted molar refractivity (Wildman–Crippen MR) is 126 cm³/mol. The highest BCUT2D eigenvalue weighted by Gasteiger charge is 2.60. The van der Waals surface area contributed by atoms with Gasteiger partial charge in [0, 0.05) is 38.7 Å². The van der Waals surface area contributed by atoms with Crippen molar-refractivity contribution in [2.45, 2.75) is 43.2 Å². The summed E-state index contributed by atoms with van der Waals surface area (Å²) in [6, 6.07) is 0. The number of carbonyl (C=O) groups is 1. The lowest BCUT2D eigenvalue weighted by Crippen LogP contribution is -2.38. The molecule has 1 fully saturated rings. The van der Waals surface area contributed by atoms with E-state index >= 15 is 0 Å². The van der Waals surface area contributed by atoms with Gasteiger partial charge in [0.2, 0.25) is 5.91 Å². The molecule has 1 amide bonds. The minimum Gasteiger partial charge on any atom is -0.383 e. The number of fused-ring (bicyclic) bond motifs is 2. The Balaban J connectivity index is 1.47. The Labute approximate surface area is 216 Å². The first kappa shape index (κ1) is 25.1. The molecule has 0 spiro atoms. The van der Waals surface area contributed by atoms with Crippen molar-refractivity contribution >= 4 is 28.6 Å². The van der Waals surface area contributed by atoms with Crippen LogP contribution >= 0.6 is 0 Å². The van der Waals surface area contributed by atoms with Crippen molar-refractivity contribution in [3.05, 3.63) is 35.5 Å². The number of halogens is 5. The zero-order valence-electron chi connectivity index (χ0n) is 20.6. The molecule has 39 heavy (non-hydrogen) atoms. The maximum absolute atomic E-state index is 13.6. The molecule has 3 N–H and O–H groups in total. The van der Waals surface area contributed by atoms with Crippen molar-refractivity contribution in [3.63, 3.8) is 0 Å². The van der Waals surface area contributed by atoms with Gasteiger partial charge in [0.15, 0.2) is 11.5 Å². The highest BCUT2D eigenvalue weighted by molar-refractivity contribution is 6.10. The molecule has 4 aromatic rings. The van der Waals surface area contributed by atoms with E-state index in [0.717, 1.165) is 12.8 Å². The molecule has 1 aliphatic carbocycles. The number of hydrogen-bond acceptors (Lipinski definition) is 8. The Morgan fingerprint density at radius 1 is 1.08 bits per heavy atom. The Bertz CT molecular complexity index is 1640. The zero-order valence-corrected chi connectivity index (χ0v) is 20.6. The summed E-state index contributed by atoms with van der Waals surface area (Å²) in [4.78, 5) is 30.8. The summed E-state index contributed by atoms with van der Waals surface area (Å²) in [7, 11) is 3.26. The number of rotatable bonds is 6. The lowest BCUT2D eigenvalue weighted by Gasteiger charge is -2.26. The molecule has 1 unspecified atom stereocenters. The SMILES string of the molecule is Cn1cc(C2(C3CC3)C(=O)Nc3nc(-c4nc(CCC(F)(F)C(F)(F)F)nc5c4cnn5C)nc(N)c32)cn1. The van der Waals surface area contributed by atoms with E-state index in [2.05, 4.69) is 35.5 Å². The summed E-state index contributed by atoms with van der Waals surface area (Å²) in [6.45, 7) is 0. The fourth-order valence-electron chi connectivity index (χ4n) is 5.18. The summed E-state index contributed by atoms with van der Waals surface area (Å²) in [6.07, 6.45) is -1.70. The lowest BCUT2D eigenvalue weighted by atomic mass is 9.73. The Hall–Kier alpha value is -4.24. The normalized spacial score (nSPS) is 19.5. The van der Waals surface area contributed by atoms with Gasteiger partial charge in [-0.1, -0.05) is 0 Å². The molecule has 204 valence electrons. The number of aryl methyl sites for hydroxylation is 3. The van der Waals surface area contributed by atoms with Crippen molar-refractivity contribution < 1.29 is 26.7 Å². The van der Waals surface area contributed by atoms with Gasteiger partial charge >= 0.3 is 12.1 Å². The molecule has 4 aromatic heterocycles. The van der Waals surface area contributed by atoms with Crippen molar-refractivity contribution in [3.8, 4) is 11.5 Å². The first-order valence-corrected chi connectivity index (χ1v) is 11.9. The van der Waals surface area contributed by atoms with Crippen LogP contribution in [0, 0.1) is 5.92 Å². The molecule has 1 aliphatic heterocycles. The van der Waals surface area contributed by atoms with Gasteiger partial charge in [0.1, 0.15) is 28.6 Å². The lowest BCUT2D eigenvalue weighted by molar-refractivity contribution is -0.284. The van der Waals surface area contributed by atoms with Gasteiger partial charge < -0.3 is 11.1 Å². The van der Waals surface area contributed by atoms with Crippen LogP contribution in [-0.4, -0.2) is 57.5 Å². The third-order valence-electron chi connectivity index (χ3n) is 7.20. The molecule has 0 bridgehead atoms. The number of nitrogens with one attached hydrogen (secondary N) is 1. The number of amides is 1. The van der Waals surface area contributed by atoms with Gasteiger partial charge in [-0.3, -0.25) is 14.2 Å². The van der Waals surface area contributed by atoms with Gasteiger partial charge in [-0.15, -0.1) is 0 Å². The molecule has 16 heteroatoms. The van der Waals surface area contributed by atoms with Crippen LogP contribution in [0.1, 0.15) is 36.2 Å². The first-order valence-electron chi connectivity index (χ1n) is 11.9. The Kier molecular flexibility index (Phi) is 5.22. The van der Waals surface area contributed by atoms with Gasteiger partial charge in [-0.25, -0.2) is 19.9 Å². The zero-order chi connectivity index (χ0) is 27.9. The van der Waals surface area contributed by atoms with Gasteiger partial charge in [-0.05, 0) is 18.8 Å². The topological polar surface area (TPSA) is 142 Å². The second-order valence-electron chi connectivity index (χ2n) is 9.79. The highest BCUT2D eigenvalue weighted by Crippen LogP contribution is 2.57. The summed E-state index contributed by atoms with van der Waals surface area (Å²) >= 11 is 0. The van der Waals surface area contributed by atoms with E-state index in [0.29, 0.717) is 16.5 Å². The van der Waals surface area contributed by atoms with E-state index in [1.807, 2.05) is 0 Å². The van der Waals surface area contributed by atoms with Crippen molar-refractivity contribution in [2.24, 2.45) is 20.0 Å². The molecule has 0 aromatic carbocycles. The van der Waals surface area contributed by atoms with Gasteiger partial charge in [-0.2, -0.15) is 32.1 Å². The molecule has 5 heterocycles. The smallest absolute Gasteiger partial charge is 0.383 e. The number of alkyl halides is 5. The van der Waals surface area contributed by atoms with Crippen LogP contribution < -0.4 is 11.1 Å². The molecule has 0 radical (unpaired) electrons. The van der Waals surface area contributed by atoms with E-state index in [-0.39, 0.29) is 46.5 Å². The maximum Gasteiger partial charge on any atom is 0.453 e. The van der Waals surface area contributed by atoms with Crippen LogP contribution in [0.25, 0.3) is 22.6 Å². The molecular weight excluding hydrogens is 527 g/mol. The van der Waals surface area contributed by atoms with E-state index in [9.17, 15) is 26.7 Å². The second kappa shape index (κ2) is 8.13. The predicted octanol–water partition coefficient (Wildman–Crippen LogP) is 2.91. The van der Waals surface area contributed by atoms with Crippen LogP contribution in [0.2, 0.25) is 0 Å². The summed E-state index contributed by atoms with van der Waals surface area (Å²) in [5.41, 5.74) is 6.60. The number of nitrogen functional groups attached to an aromatic ring is 1. The third kappa shape index (κ3) is 3.71. The standard InChI is InChI=1S/C23H21F5N10O/c1-37-9-11(7-30-37)22(10-3-4-10)14-16(29)34-18(35-17(14)36-20(22)39)15-12-8-31-38(2)19(12)33-13(32-15)5-6-21(24,25)23(26,27)28/h7-10H,3-6H2,1-2H3,(H3,29,34,35,36,39). The summed E-state index contributed by atoms with van der Waals surface area (Å²) in [5.74, 6) is -5.45. The van der Waals surface area contributed by atoms with Crippen LogP contribution in [-0.2, 0) is 30.7 Å². The number of hydrogen-bond donors (Lipinski definition) is 2. The summed E-state index contributed by atoms with van der Waals surface area (Å²) in [5, 5.41) is 11.4. The van der Waals surface area contributed by atoms with E-state index in [4.69, 9.17) is 5.73 Å². The van der Waals surface area contributed by atoms with Crippen LogP contribution in [0.4, 0.5) is 33.6 Å². The summed E-state index contributed by atoms with van der Waals surface area (Å²) < 4.78 is 68.3. The van der Waals surface area contributed by atoms with Crippen molar-refractivity contribution in [1.29, 1.82) is 0 Å². The average Bonchev–Trinajstić information content (AvgIpc) is 3.40. The maximum atomic E-state index is 13.6. The van der Waals surface area contributed by atoms with Crippen molar-refractivity contribution in [2.75, 3.05) is 11.1 Å². The Morgan fingerprint density at radius 2 is 1.82 bits per heavy atom. The minimum atomic E-state index is -5.70. The molecule has 1 saturated carbocycles. The highest BCUT2D eigenvalue weighted by atomic mass is 19.4. The molecule has 0 saturated heterocycles. The Morgan fingerprint density at radius 3 is 2.46 bits per heavy atom. The molecular formula is C23H21F5N10O. The minimum absolute atomic E-state index is 0.00455. The van der Waals surface area contributed by atoms with E-state index < -0.39 is 30.4 Å². The fourth-order valence-corrected chi connectivity index (χ4v) is 5.18. The number of nitrogens with two attached hydrogens (primary N) is 1. The van der Waals surface area contributed by atoms with Crippen LogP contribution in [0.15, 0.2) is 18.6 Å². The number of carbonyl (C=O) groups excluding carboxylic acids is 1. The third-order valence-corrected chi connectivity index (χ3v) is 7.20.